The van der Waals surface area contributed by atoms with E-state index in [2.05, 4.69) is 11.4 Å². The fraction of sp³-hybridized carbons (Fsp3) is 0.333. The second-order valence-corrected chi connectivity index (χ2v) is 7.09. The molecule has 2 amide bonds. The predicted octanol–water partition coefficient (Wildman–Crippen LogP) is 3.69. The molecule has 0 saturated heterocycles. The Bertz CT molecular complexity index is 822. The van der Waals surface area contributed by atoms with Crippen LogP contribution in [0, 0.1) is 12.3 Å². The van der Waals surface area contributed by atoms with Gasteiger partial charge in [0.2, 0.25) is 11.8 Å². The highest BCUT2D eigenvalue weighted by Gasteiger charge is 2.58. The lowest BCUT2D eigenvalue weighted by molar-refractivity contribution is -0.132. The average molecular weight is 334 g/mol. The SMILES string of the molecule is Cc1ccc(NC(=O)C2(C(=O)N3CCCc4ccccc43)CC2)cc1. The first-order valence-electron chi connectivity index (χ1n) is 8.88. The number of para-hydroxylation sites is 1. The average Bonchev–Trinajstić information content (AvgIpc) is 3.44. The number of benzene rings is 2. The molecule has 1 saturated carbocycles. The van der Waals surface area contributed by atoms with Crippen molar-refractivity contribution in [2.24, 2.45) is 5.41 Å². The highest BCUT2D eigenvalue weighted by atomic mass is 16.2. The molecular weight excluding hydrogens is 312 g/mol. The summed E-state index contributed by atoms with van der Waals surface area (Å²) in [6, 6.07) is 15.7. The molecule has 4 rings (SSSR count). The van der Waals surface area contributed by atoms with E-state index in [1.807, 2.05) is 54.3 Å². The first-order chi connectivity index (χ1) is 12.1. The summed E-state index contributed by atoms with van der Waals surface area (Å²) in [7, 11) is 0. The Kier molecular flexibility index (Phi) is 3.83. The third-order valence-electron chi connectivity index (χ3n) is 5.26. The van der Waals surface area contributed by atoms with Crippen molar-refractivity contribution in [3.63, 3.8) is 0 Å². The molecule has 0 spiro atoms. The molecule has 0 atom stereocenters. The van der Waals surface area contributed by atoms with E-state index in [-0.39, 0.29) is 11.8 Å². The number of aryl methyl sites for hydroxylation is 2. The number of hydrogen-bond donors (Lipinski definition) is 1. The van der Waals surface area contributed by atoms with Gasteiger partial charge in [-0.25, -0.2) is 0 Å². The Hall–Kier alpha value is -2.62. The topological polar surface area (TPSA) is 49.4 Å². The number of amides is 2. The monoisotopic (exact) mass is 334 g/mol. The lowest BCUT2D eigenvalue weighted by atomic mass is 9.97. The van der Waals surface area contributed by atoms with Crippen molar-refractivity contribution in [1.29, 1.82) is 0 Å². The van der Waals surface area contributed by atoms with Gasteiger partial charge in [0.05, 0.1) is 0 Å². The van der Waals surface area contributed by atoms with Gasteiger partial charge in [0.1, 0.15) is 5.41 Å². The highest BCUT2D eigenvalue weighted by molar-refractivity contribution is 6.17. The van der Waals surface area contributed by atoms with E-state index in [1.54, 1.807) is 0 Å². The van der Waals surface area contributed by atoms with Crippen LogP contribution in [0.5, 0.6) is 0 Å². The van der Waals surface area contributed by atoms with E-state index in [0.29, 0.717) is 19.4 Å². The Morgan fingerprint density at radius 3 is 2.48 bits per heavy atom. The van der Waals surface area contributed by atoms with Crippen LogP contribution in [0.1, 0.15) is 30.4 Å². The van der Waals surface area contributed by atoms with Gasteiger partial charge >= 0.3 is 0 Å². The smallest absolute Gasteiger partial charge is 0.242 e. The van der Waals surface area contributed by atoms with Crippen LogP contribution in [0.3, 0.4) is 0 Å². The summed E-state index contributed by atoms with van der Waals surface area (Å²) in [5, 5.41) is 2.93. The zero-order valence-electron chi connectivity index (χ0n) is 14.4. The van der Waals surface area contributed by atoms with Crippen molar-refractivity contribution in [2.45, 2.75) is 32.6 Å². The molecule has 1 aliphatic heterocycles. The van der Waals surface area contributed by atoms with Crippen LogP contribution in [0.15, 0.2) is 48.5 Å². The van der Waals surface area contributed by atoms with Crippen LogP contribution < -0.4 is 10.2 Å². The molecule has 1 N–H and O–H groups in total. The minimum atomic E-state index is -0.894. The third kappa shape index (κ3) is 2.82. The number of carbonyl (C=O) groups is 2. The van der Waals surface area contributed by atoms with Gasteiger partial charge in [-0.05, 0) is 56.4 Å². The van der Waals surface area contributed by atoms with Crippen molar-refractivity contribution in [2.75, 3.05) is 16.8 Å². The fourth-order valence-electron chi connectivity index (χ4n) is 3.55. The number of rotatable bonds is 3. The van der Waals surface area contributed by atoms with Crippen LogP contribution in [0.2, 0.25) is 0 Å². The zero-order chi connectivity index (χ0) is 17.4. The summed E-state index contributed by atoms with van der Waals surface area (Å²) in [4.78, 5) is 27.8. The Labute approximate surface area is 147 Å². The summed E-state index contributed by atoms with van der Waals surface area (Å²) in [5.74, 6) is -0.228. The summed E-state index contributed by atoms with van der Waals surface area (Å²) < 4.78 is 0. The quantitative estimate of drug-likeness (QED) is 0.870. The summed E-state index contributed by atoms with van der Waals surface area (Å²) in [5.41, 5.74) is 3.15. The number of anilines is 2. The second-order valence-electron chi connectivity index (χ2n) is 7.09. The normalized spacial score (nSPS) is 17.6. The molecule has 2 aliphatic rings. The number of hydrogen-bond acceptors (Lipinski definition) is 2. The van der Waals surface area contributed by atoms with Gasteiger partial charge in [-0.2, -0.15) is 0 Å². The molecule has 0 radical (unpaired) electrons. The molecular formula is C21H22N2O2. The molecule has 1 fully saturated rings. The highest BCUT2D eigenvalue weighted by Crippen LogP contribution is 2.49. The molecule has 1 heterocycles. The van der Waals surface area contributed by atoms with Crippen LogP contribution in [-0.2, 0) is 16.0 Å². The van der Waals surface area contributed by atoms with Crippen molar-refractivity contribution >= 4 is 23.2 Å². The molecule has 2 aromatic rings. The molecule has 0 bridgehead atoms. The maximum Gasteiger partial charge on any atom is 0.242 e. The van der Waals surface area contributed by atoms with Crippen LogP contribution >= 0.6 is 0 Å². The Morgan fingerprint density at radius 2 is 1.76 bits per heavy atom. The van der Waals surface area contributed by atoms with E-state index in [1.165, 1.54) is 5.56 Å². The first-order valence-corrected chi connectivity index (χ1v) is 8.88. The molecule has 4 nitrogen and oxygen atoms in total. The molecule has 0 aromatic heterocycles. The minimum absolute atomic E-state index is 0.0516. The lowest BCUT2D eigenvalue weighted by Gasteiger charge is -2.32. The van der Waals surface area contributed by atoms with Crippen molar-refractivity contribution in [1.82, 2.24) is 0 Å². The van der Waals surface area contributed by atoms with Crippen LogP contribution in [0.4, 0.5) is 11.4 Å². The molecule has 1 aliphatic carbocycles. The molecule has 25 heavy (non-hydrogen) atoms. The van der Waals surface area contributed by atoms with E-state index in [4.69, 9.17) is 0 Å². The van der Waals surface area contributed by atoms with E-state index in [0.717, 1.165) is 29.8 Å². The first kappa shape index (κ1) is 15.9. The second kappa shape index (κ2) is 6.03. The predicted molar refractivity (Wildman–Crippen MR) is 98.6 cm³/mol. The van der Waals surface area contributed by atoms with E-state index in [9.17, 15) is 9.59 Å². The number of fused-ring (bicyclic) bond motifs is 1. The molecule has 4 heteroatoms. The number of nitrogens with zero attached hydrogens (tertiary/aromatic N) is 1. The van der Waals surface area contributed by atoms with Gasteiger partial charge in [0, 0.05) is 17.9 Å². The van der Waals surface area contributed by atoms with Gasteiger partial charge in [-0.1, -0.05) is 35.9 Å². The Balaban J connectivity index is 1.56. The summed E-state index contributed by atoms with van der Waals surface area (Å²) in [6.45, 7) is 2.70. The standard InChI is InChI=1S/C21H22N2O2/c1-15-8-10-17(11-9-15)22-19(24)21(12-13-21)20(25)23-14-4-6-16-5-2-3-7-18(16)23/h2-3,5,7-11H,4,6,12-14H2,1H3,(H,22,24). The number of carbonyl (C=O) groups excluding carboxylic acids is 2. The van der Waals surface area contributed by atoms with Gasteiger partial charge in [-0.15, -0.1) is 0 Å². The summed E-state index contributed by atoms with van der Waals surface area (Å²) in [6.07, 6.45) is 3.19. The van der Waals surface area contributed by atoms with Crippen molar-refractivity contribution in [3.8, 4) is 0 Å². The fourth-order valence-corrected chi connectivity index (χ4v) is 3.55. The largest absolute Gasteiger partial charge is 0.325 e. The maximum atomic E-state index is 13.2. The van der Waals surface area contributed by atoms with E-state index < -0.39 is 5.41 Å². The van der Waals surface area contributed by atoms with Crippen molar-refractivity contribution < 1.29 is 9.59 Å². The minimum Gasteiger partial charge on any atom is -0.325 e. The van der Waals surface area contributed by atoms with Gasteiger partial charge in [-0.3, -0.25) is 9.59 Å². The Morgan fingerprint density at radius 1 is 1.04 bits per heavy atom. The van der Waals surface area contributed by atoms with E-state index >= 15 is 0 Å². The zero-order valence-corrected chi connectivity index (χ0v) is 14.4. The summed E-state index contributed by atoms with van der Waals surface area (Å²) >= 11 is 0. The number of nitrogens with one attached hydrogen (secondary N) is 1. The maximum absolute atomic E-state index is 13.2. The van der Waals surface area contributed by atoms with Gasteiger partial charge < -0.3 is 10.2 Å². The van der Waals surface area contributed by atoms with Gasteiger partial charge in [0.15, 0.2) is 0 Å². The van der Waals surface area contributed by atoms with Gasteiger partial charge in [0.25, 0.3) is 0 Å². The van der Waals surface area contributed by atoms with Crippen molar-refractivity contribution in [3.05, 3.63) is 59.7 Å². The molecule has 2 aromatic carbocycles. The molecule has 128 valence electrons. The van der Waals surface area contributed by atoms with Crippen LogP contribution in [-0.4, -0.2) is 18.4 Å². The third-order valence-corrected chi connectivity index (χ3v) is 5.26. The lowest BCUT2D eigenvalue weighted by Crippen LogP contribution is -2.45. The van der Waals surface area contributed by atoms with Crippen LogP contribution in [0.25, 0.3) is 0 Å². The molecule has 0 unspecified atom stereocenters.